The molecule has 0 aromatic carbocycles. The van der Waals surface area contributed by atoms with Crippen molar-refractivity contribution in [2.75, 3.05) is 13.2 Å². The minimum absolute atomic E-state index is 0.0155. The number of nitrogens with zero attached hydrogens (tertiary/aromatic N) is 2. The fraction of sp³-hybridized carbons (Fsp3) is 0.692. The van der Waals surface area contributed by atoms with Crippen LogP contribution in [0.25, 0.3) is 0 Å². The number of esters is 1. The van der Waals surface area contributed by atoms with E-state index in [-0.39, 0.29) is 23.2 Å². The second-order valence-corrected chi connectivity index (χ2v) is 7.41. The Kier molecular flexibility index (Phi) is 3.75. The monoisotopic (exact) mass is 313 g/mol. The van der Waals surface area contributed by atoms with E-state index in [1.165, 1.54) is 10.5 Å². The number of carbonyl (C=O) groups excluding carboxylic acids is 1. The van der Waals surface area contributed by atoms with E-state index in [4.69, 9.17) is 4.74 Å². The molecule has 0 radical (unpaired) electrons. The Morgan fingerprint density at radius 1 is 1.43 bits per heavy atom. The van der Waals surface area contributed by atoms with Gasteiger partial charge in [0.05, 0.1) is 12.8 Å². The van der Waals surface area contributed by atoms with Crippen LogP contribution in [0.4, 0.5) is 0 Å². The zero-order chi connectivity index (χ0) is 15.0. The van der Waals surface area contributed by atoms with Crippen molar-refractivity contribution in [3.8, 4) is 0 Å². The Balaban J connectivity index is 1.89. The molecular formula is C13H19N3O4S. The zero-order valence-electron chi connectivity index (χ0n) is 11.9. The summed E-state index contributed by atoms with van der Waals surface area (Å²) in [5.41, 5.74) is -0.0155. The maximum absolute atomic E-state index is 12.8. The number of ether oxygens (including phenoxy) is 1. The highest BCUT2D eigenvalue weighted by atomic mass is 32.2. The molecule has 1 heterocycles. The van der Waals surface area contributed by atoms with E-state index >= 15 is 0 Å². The van der Waals surface area contributed by atoms with Gasteiger partial charge in [-0.05, 0) is 38.5 Å². The van der Waals surface area contributed by atoms with Crippen molar-refractivity contribution in [3.63, 3.8) is 0 Å². The number of carbonyl (C=O) groups is 1. The highest BCUT2D eigenvalue weighted by Gasteiger charge is 2.43. The molecule has 8 heteroatoms. The van der Waals surface area contributed by atoms with Crippen LogP contribution in [-0.2, 0) is 14.8 Å². The molecule has 2 fully saturated rings. The zero-order valence-corrected chi connectivity index (χ0v) is 12.7. The van der Waals surface area contributed by atoms with Crippen molar-refractivity contribution >= 4 is 16.0 Å². The minimum Gasteiger partial charge on any atom is -0.462 e. The van der Waals surface area contributed by atoms with Crippen LogP contribution in [0.5, 0.6) is 0 Å². The molecule has 2 saturated carbocycles. The number of hydrogen-bond donors (Lipinski definition) is 1. The summed E-state index contributed by atoms with van der Waals surface area (Å²) in [7, 11) is -3.73. The van der Waals surface area contributed by atoms with E-state index in [0.717, 1.165) is 25.7 Å². The Morgan fingerprint density at radius 3 is 2.71 bits per heavy atom. The van der Waals surface area contributed by atoms with Crippen molar-refractivity contribution in [2.24, 2.45) is 5.92 Å². The predicted molar refractivity (Wildman–Crippen MR) is 74.2 cm³/mol. The van der Waals surface area contributed by atoms with Crippen molar-refractivity contribution < 1.29 is 17.9 Å². The molecule has 21 heavy (non-hydrogen) atoms. The summed E-state index contributed by atoms with van der Waals surface area (Å²) in [5, 5.41) is 6.03. The number of rotatable bonds is 7. The van der Waals surface area contributed by atoms with Crippen molar-refractivity contribution in [3.05, 3.63) is 11.8 Å². The molecule has 2 aliphatic rings. The molecule has 0 aliphatic heterocycles. The molecule has 0 bridgehead atoms. The predicted octanol–water partition coefficient (Wildman–Crippen LogP) is 1.15. The summed E-state index contributed by atoms with van der Waals surface area (Å²) in [6.45, 7) is 2.40. The Bertz CT molecular complexity index is 632. The van der Waals surface area contributed by atoms with Crippen LogP contribution in [0.3, 0.4) is 0 Å². The molecule has 0 atom stereocenters. The van der Waals surface area contributed by atoms with E-state index in [9.17, 15) is 13.2 Å². The lowest BCUT2D eigenvalue weighted by Crippen LogP contribution is -2.36. The van der Waals surface area contributed by atoms with Gasteiger partial charge < -0.3 is 4.74 Å². The second-order valence-electron chi connectivity index (χ2n) is 5.58. The number of aromatic amines is 1. The Labute approximate surface area is 123 Å². The molecular weight excluding hydrogens is 294 g/mol. The van der Waals surface area contributed by atoms with Crippen molar-refractivity contribution in [2.45, 2.75) is 43.7 Å². The average Bonchev–Trinajstić information content (AvgIpc) is 3.35. The first-order valence-corrected chi connectivity index (χ1v) is 8.70. The number of sulfonamides is 1. The first-order valence-electron chi connectivity index (χ1n) is 7.26. The van der Waals surface area contributed by atoms with Gasteiger partial charge in [-0.3, -0.25) is 5.10 Å². The molecule has 1 aromatic heterocycles. The van der Waals surface area contributed by atoms with Gasteiger partial charge in [0, 0.05) is 12.6 Å². The molecule has 0 spiro atoms. The van der Waals surface area contributed by atoms with E-state index in [0.29, 0.717) is 12.5 Å². The summed E-state index contributed by atoms with van der Waals surface area (Å²) in [4.78, 5) is 11.9. The highest BCUT2D eigenvalue weighted by Crippen LogP contribution is 2.38. The van der Waals surface area contributed by atoms with Crippen LogP contribution in [0, 0.1) is 5.92 Å². The lowest BCUT2D eigenvalue weighted by atomic mass is 10.4. The first-order chi connectivity index (χ1) is 10.0. The summed E-state index contributed by atoms with van der Waals surface area (Å²) in [6.07, 6.45) is 5.13. The normalized spacial score (nSPS) is 19.0. The van der Waals surface area contributed by atoms with Gasteiger partial charge in [0.15, 0.2) is 5.03 Å². The average molecular weight is 313 g/mol. The molecule has 3 rings (SSSR count). The van der Waals surface area contributed by atoms with Gasteiger partial charge in [0.1, 0.15) is 5.56 Å². The van der Waals surface area contributed by atoms with Crippen LogP contribution >= 0.6 is 0 Å². The molecule has 7 nitrogen and oxygen atoms in total. The lowest BCUT2D eigenvalue weighted by molar-refractivity contribution is 0.0521. The number of aromatic nitrogens is 2. The molecule has 0 unspecified atom stereocenters. The van der Waals surface area contributed by atoms with Gasteiger partial charge in [-0.1, -0.05) is 0 Å². The molecule has 1 aromatic rings. The fourth-order valence-electron chi connectivity index (χ4n) is 2.30. The maximum Gasteiger partial charge on any atom is 0.342 e. The third kappa shape index (κ3) is 2.96. The van der Waals surface area contributed by atoms with E-state index in [1.54, 1.807) is 6.92 Å². The van der Waals surface area contributed by atoms with E-state index in [2.05, 4.69) is 10.2 Å². The first kappa shape index (κ1) is 14.5. The fourth-order valence-corrected chi connectivity index (χ4v) is 4.13. The standard InChI is InChI=1S/C13H19N3O4S/c1-2-20-13(17)11-7-14-15-12(11)21(18,19)16(10-5-6-10)8-9-3-4-9/h7,9-10H,2-6,8H2,1H3,(H,14,15). The van der Waals surface area contributed by atoms with Crippen LogP contribution in [0.15, 0.2) is 11.2 Å². The Hall–Kier alpha value is -1.41. The molecule has 1 N–H and O–H groups in total. The van der Waals surface area contributed by atoms with E-state index in [1.807, 2.05) is 0 Å². The van der Waals surface area contributed by atoms with E-state index < -0.39 is 16.0 Å². The third-order valence-corrected chi connectivity index (χ3v) is 5.65. The van der Waals surface area contributed by atoms with Gasteiger partial charge in [-0.25, -0.2) is 13.2 Å². The van der Waals surface area contributed by atoms with Gasteiger partial charge in [-0.15, -0.1) is 0 Å². The molecule has 0 saturated heterocycles. The van der Waals surface area contributed by atoms with Crippen LogP contribution in [-0.4, -0.2) is 48.1 Å². The summed E-state index contributed by atoms with van der Waals surface area (Å²) in [5.74, 6) is -0.207. The Morgan fingerprint density at radius 2 is 2.14 bits per heavy atom. The molecule has 116 valence electrons. The van der Waals surface area contributed by atoms with Crippen LogP contribution in [0.2, 0.25) is 0 Å². The number of hydrogen-bond acceptors (Lipinski definition) is 5. The largest absolute Gasteiger partial charge is 0.462 e. The van der Waals surface area contributed by atoms with Crippen molar-refractivity contribution in [1.82, 2.24) is 14.5 Å². The smallest absolute Gasteiger partial charge is 0.342 e. The topological polar surface area (TPSA) is 92.4 Å². The molecule has 0 amide bonds. The lowest BCUT2D eigenvalue weighted by Gasteiger charge is -2.21. The van der Waals surface area contributed by atoms with Crippen LogP contribution in [0.1, 0.15) is 43.0 Å². The summed E-state index contributed by atoms with van der Waals surface area (Å²) < 4.78 is 32.0. The van der Waals surface area contributed by atoms with Gasteiger partial charge in [-0.2, -0.15) is 9.40 Å². The summed E-state index contributed by atoms with van der Waals surface area (Å²) in [6, 6.07) is 0.0638. The summed E-state index contributed by atoms with van der Waals surface area (Å²) >= 11 is 0. The number of H-pyrrole nitrogens is 1. The SMILES string of the molecule is CCOC(=O)c1cn[nH]c1S(=O)(=O)N(CC1CC1)C1CC1. The quantitative estimate of drug-likeness (QED) is 0.762. The number of nitrogens with one attached hydrogen (secondary N) is 1. The molecule has 2 aliphatic carbocycles. The van der Waals surface area contributed by atoms with Gasteiger partial charge in [0.25, 0.3) is 10.0 Å². The maximum atomic E-state index is 12.8. The third-order valence-electron chi connectivity index (χ3n) is 3.76. The van der Waals surface area contributed by atoms with Gasteiger partial charge in [0.2, 0.25) is 0 Å². The minimum atomic E-state index is -3.73. The van der Waals surface area contributed by atoms with Crippen molar-refractivity contribution in [1.29, 1.82) is 0 Å². The van der Waals surface area contributed by atoms with Gasteiger partial charge >= 0.3 is 5.97 Å². The highest BCUT2D eigenvalue weighted by molar-refractivity contribution is 7.89. The van der Waals surface area contributed by atoms with Crippen LogP contribution < -0.4 is 0 Å². The second kappa shape index (κ2) is 5.42.